The Hall–Kier alpha value is -1.07. The highest BCUT2D eigenvalue weighted by Gasteiger charge is 2.15. The summed E-state index contributed by atoms with van der Waals surface area (Å²) in [6, 6.07) is 8.33. The topological polar surface area (TPSA) is 44.9 Å². The lowest BCUT2D eigenvalue weighted by Gasteiger charge is -2.21. The van der Waals surface area contributed by atoms with Gasteiger partial charge in [0.05, 0.1) is 0 Å². The Morgan fingerprint density at radius 2 is 2.23 bits per heavy atom. The van der Waals surface area contributed by atoms with E-state index in [1.807, 2.05) is 29.6 Å². The molecular formula is C17H22N2OS2. The molecule has 0 spiro atoms. The Morgan fingerprint density at radius 1 is 1.32 bits per heavy atom. The predicted octanol–water partition coefficient (Wildman–Crippen LogP) is 3.46. The average Bonchev–Trinajstić information content (AvgIpc) is 2.97. The van der Waals surface area contributed by atoms with Gasteiger partial charge in [-0.2, -0.15) is 23.5 Å². The molecule has 0 aliphatic carbocycles. The van der Waals surface area contributed by atoms with Crippen LogP contribution in [0, 0.1) is 0 Å². The van der Waals surface area contributed by atoms with Crippen molar-refractivity contribution in [1.82, 2.24) is 10.3 Å². The van der Waals surface area contributed by atoms with Gasteiger partial charge in [-0.25, -0.2) is 0 Å². The molecule has 1 fully saturated rings. The first kappa shape index (κ1) is 15.8. The molecular weight excluding hydrogens is 312 g/mol. The van der Waals surface area contributed by atoms with E-state index < -0.39 is 0 Å². The van der Waals surface area contributed by atoms with Gasteiger partial charge in [-0.1, -0.05) is 18.2 Å². The molecule has 0 radical (unpaired) electrons. The third-order valence-electron chi connectivity index (χ3n) is 3.94. The maximum absolute atomic E-state index is 11.9. The van der Waals surface area contributed by atoms with Crippen molar-refractivity contribution in [2.24, 2.45) is 0 Å². The van der Waals surface area contributed by atoms with Crippen molar-refractivity contribution in [1.29, 1.82) is 0 Å². The summed E-state index contributed by atoms with van der Waals surface area (Å²) in [6.07, 6.45) is 4.54. The number of thioether (sulfide) groups is 2. The van der Waals surface area contributed by atoms with Gasteiger partial charge in [0.25, 0.3) is 0 Å². The highest BCUT2D eigenvalue weighted by Crippen LogP contribution is 2.23. The van der Waals surface area contributed by atoms with E-state index in [1.165, 1.54) is 33.7 Å². The second kappa shape index (κ2) is 7.97. The van der Waals surface area contributed by atoms with Crippen LogP contribution in [0.3, 0.4) is 0 Å². The van der Waals surface area contributed by atoms with Gasteiger partial charge >= 0.3 is 0 Å². The molecule has 3 nitrogen and oxygen atoms in total. The molecule has 5 heteroatoms. The van der Waals surface area contributed by atoms with Gasteiger partial charge in [-0.05, 0) is 24.5 Å². The van der Waals surface area contributed by atoms with Crippen molar-refractivity contribution in [2.45, 2.75) is 24.5 Å². The van der Waals surface area contributed by atoms with E-state index in [0.717, 1.165) is 19.4 Å². The van der Waals surface area contributed by atoms with Gasteiger partial charge in [0.1, 0.15) is 0 Å². The van der Waals surface area contributed by atoms with E-state index in [0.29, 0.717) is 11.7 Å². The van der Waals surface area contributed by atoms with Crippen molar-refractivity contribution in [3.63, 3.8) is 0 Å². The molecule has 3 rings (SSSR count). The number of fused-ring (bicyclic) bond motifs is 1. The summed E-state index contributed by atoms with van der Waals surface area (Å²) in [6.45, 7) is 0.823. The third-order valence-corrected chi connectivity index (χ3v) is 6.78. The first-order chi connectivity index (χ1) is 10.8. The quantitative estimate of drug-likeness (QED) is 0.850. The molecule has 1 aromatic heterocycles. The summed E-state index contributed by atoms with van der Waals surface area (Å²) in [5.41, 5.74) is 2.48. The van der Waals surface area contributed by atoms with Crippen molar-refractivity contribution < 1.29 is 4.79 Å². The SMILES string of the molecule is O=C(CCCc1c[nH]c2ccccc12)NCC1CSCCS1. The number of rotatable bonds is 6. The third kappa shape index (κ3) is 4.23. The van der Waals surface area contributed by atoms with Crippen LogP contribution < -0.4 is 5.32 Å². The smallest absolute Gasteiger partial charge is 0.220 e. The highest BCUT2D eigenvalue weighted by atomic mass is 32.2. The van der Waals surface area contributed by atoms with E-state index >= 15 is 0 Å². The normalized spacial score (nSPS) is 18.5. The first-order valence-corrected chi connectivity index (χ1v) is 10.0. The van der Waals surface area contributed by atoms with E-state index in [1.54, 1.807) is 0 Å². The van der Waals surface area contributed by atoms with Gasteiger partial charge in [0, 0.05) is 52.6 Å². The second-order valence-corrected chi connectivity index (χ2v) is 8.14. The average molecular weight is 335 g/mol. The van der Waals surface area contributed by atoms with Crippen LogP contribution in [0.4, 0.5) is 0 Å². The summed E-state index contributed by atoms with van der Waals surface area (Å²) in [7, 11) is 0. The van der Waals surface area contributed by atoms with E-state index in [4.69, 9.17) is 0 Å². The standard InChI is InChI=1S/C17H22N2OS2/c20-17(19-11-14-12-21-8-9-22-14)7-3-4-13-10-18-16-6-2-1-5-15(13)16/h1-2,5-6,10,14,18H,3-4,7-9,11-12H2,(H,19,20). The molecule has 1 aliphatic rings. The monoisotopic (exact) mass is 334 g/mol. The zero-order chi connectivity index (χ0) is 15.2. The molecule has 1 aliphatic heterocycles. The molecule has 1 amide bonds. The fraction of sp³-hybridized carbons (Fsp3) is 0.471. The minimum Gasteiger partial charge on any atom is -0.361 e. The maximum Gasteiger partial charge on any atom is 0.220 e. The van der Waals surface area contributed by atoms with Gasteiger partial charge in [-0.3, -0.25) is 4.79 Å². The molecule has 1 atom stereocenters. The van der Waals surface area contributed by atoms with Crippen LogP contribution in [0.25, 0.3) is 10.9 Å². The van der Waals surface area contributed by atoms with Gasteiger partial charge in [-0.15, -0.1) is 0 Å². The van der Waals surface area contributed by atoms with Crippen LogP contribution in [-0.4, -0.2) is 39.9 Å². The molecule has 1 saturated heterocycles. The Labute approximate surface area is 140 Å². The zero-order valence-corrected chi connectivity index (χ0v) is 14.3. The molecule has 118 valence electrons. The molecule has 1 aromatic carbocycles. The molecule has 1 unspecified atom stereocenters. The van der Waals surface area contributed by atoms with Gasteiger partial charge < -0.3 is 10.3 Å². The fourth-order valence-electron chi connectivity index (χ4n) is 2.75. The van der Waals surface area contributed by atoms with Gasteiger partial charge in [0.15, 0.2) is 0 Å². The number of aromatic nitrogens is 1. The number of nitrogens with one attached hydrogen (secondary N) is 2. The predicted molar refractivity (Wildman–Crippen MR) is 97.8 cm³/mol. The van der Waals surface area contributed by atoms with Crippen LogP contribution in [0.15, 0.2) is 30.5 Å². The number of aromatic amines is 1. The van der Waals surface area contributed by atoms with Crippen LogP contribution >= 0.6 is 23.5 Å². The lowest BCUT2D eigenvalue weighted by atomic mass is 10.1. The Kier molecular flexibility index (Phi) is 5.73. The number of hydrogen-bond acceptors (Lipinski definition) is 3. The Bertz CT molecular complexity index is 620. The summed E-state index contributed by atoms with van der Waals surface area (Å²) < 4.78 is 0. The van der Waals surface area contributed by atoms with E-state index in [2.05, 4.69) is 34.7 Å². The van der Waals surface area contributed by atoms with Crippen molar-refractivity contribution in [3.8, 4) is 0 Å². The van der Waals surface area contributed by atoms with Crippen LogP contribution in [0.1, 0.15) is 18.4 Å². The Balaban J connectivity index is 1.40. The zero-order valence-electron chi connectivity index (χ0n) is 12.6. The van der Waals surface area contributed by atoms with E-state index in [9.17, 15) is 4.79 Å². The number of hydrogen-bond donors (Lipinski definition) is 2. The number of aryl methyl sites for hydroxylation is 1. The number of carbonyl (C=O) groups is 1. The van der Waals surface area contributed by atoms with Crippen molar-refractivity contribution in [2.75, 3.05) is 23.8 Å². The second-order valence-electron chi connectivity index (χ2n) is 5.58. The number of H-pyrrole nitrogens is 1. The lowest BCUT2D eigenvalue weighted by Crippen LogP contribution is -2.33. The molecule has 2 aromatic rings. The van der Waals surface area contributed by atoms with Gasteiger partial charge in [0.2, 0.25) is 5.91 Å². The fourth-order valence-corrected chi connectivity index (χ4v) is 5.36. The van der Waals surface area contributed by atoms with Crippen molar-refractivity contribution in [3.05, 3.63) is 36.0 Å². The number of carbonyl (C=O) groups excluding carboxylic acids is 1. The number of amides is 1. The maximum atomic E-state index is 11.9. The van der Waals surface area contributed by atoms with Crippen LogP contribution in [0.2, 0.25) is 0 Å². The van der Waals surface area contributed by atoms with Crippen LogP contribution in [0.5, 0.6) is 0 Å². The van der Waals surface area contributed by atoms with E-state index in [-0.39, 0.29) is 5.91 Å². The van der Waals surface area contributed by atoms with Crippen LogP contribution in [-0.2, 0) is 11.2 Å². The summed E-state index contributed by atoms with van der Waals surface area (Å²) in [5, 5.41) is 4.96. The molecule has 2 heterocycles. The summed E-state index contributed by atoms with van der Waals surface area (Å²) in [5.74, 6) is 3.82. The molecule has 0 bridgehead atoms. The molecule has 0 saturated carbocycles. The highest BCUT2D eigenvalue weighted by molar-refractivity contribution is 8.06. The molecule has 22 heavy (non-hydrogen) atoms. The number of para-hydroxylation sites is 1. The lowest BCUT2D eigenvalue weighted by molar-refractivity contribution is -0.121. The summed E-state index contributed by atoms with van der Waals surface area (Å²) in [4.78, 5) is 15.2. The number of benzene rings is 1. The first-order valence-electron chi connectivity index (χ1n) is 7.84. The minimum atomic E-state index is 0.191. The molecule has 2 N–H and O–H groups in total. The van der Waals surface area contributed by atoms with Crippen molar-refractivity contribution >= 4 is 40.3 Å². The largest absolute Gasteiger partial charge is 0.361 e. The Morgan fingerprint density at radius 3 is 3.09 bits per heavy atom. The minimum absolute atomic E-state index is 0.191. The summed E-state index contributed by atoms with van der Waals surface area (Å²) >= 11 is 3.99.